The first-order valence-electron chi connectivity index (χ1n) is 8.79. The molecule has 2 aromatic heterocycles. The smallest absolute Gasteiger partial charge is 0.218 e. The predicted octanol–water partition coefficient (Wildman–Crippen LogP) is 1.45. The monoisotopic (exact) mass is 402 g/mol. The largest absolute Gasteiger partial charge is 0.354 e. The Morgan fingerprint density at radius 2 is 1.82 bits per heavy atom. The molecule has 0 unspecified atom stereocenters. The van der Waals surface area contributed by atoms with Crippen molar-refractivity contribution in [3.05, 3.63) is 66.8 Å². The van der Waals surface area contributed by atoms with Crippen LogP contribution in [0.15, 0.2) is 55.4 Å². The van der Waals surface area contributed by atoms with Crippen LogP contribution in [0, 0.1) is 5.82 Å². The molecule has 0 bridgehead atoms. The molecule has 1 aromatic carbocycles. The van der Waals surface area contributed by atoms with E-state index in [9.17, 15) is 12.8 Å². The number of nitrogens with zero attached hydrogens (tertiary/aromatic N) is 6. The number of aromatic nitrogens is 4. The number of sulfonamides is 1. The number of benzene rings is 1. The van der Waals surface area contributed by atoms with Crippen LogP contribution in [-0.2, 0) is 15.8 Å². The highest BCUT2D eigenvalue weighted by atomic mass is 32.2. The molecule has 146 valence electrons. The third-order valence-electron chi connectivity index (χ3n) is 4.60. The Morgan fingerprint density at radius 3 is 2.54 bits per heavy atom. The Balaban J connectivity index is 1.42. The number of hydrogen-bond donors (Lipinski definition) is 0. The fourth-order valence-corrected chi connectivity index (χ4v) is 4.67. The molecule has 3 aromatic rings. The van der Waals surface area contributed by atoms with Gasteiger partial charge in [-0.05, 0) is 17.7 Å². The number of halogens is 1. The van der Waals surface area contributed by atoms with Crippen LogP contribution in [0.5, 0.6) is 0 Å². The maximum atomic E-state index is 13.3. The van der Waals surface area contributed by atoms with E-state index in [4.69, 9.17) is 0 Å². The molecule has 0 amide bonds. The highest BCUT2D eigenvalue weighted by molar-refractivity contribution is 7.88. The van der Waals surface area contributed by atoms with Gasteiger partial charge in [-0.15, -0.1) is 0 Å². The summed E-state index contributed by atoms with van der Waals surface area (Å²) in [5, 5.41) is 0. The number of rotatable bonds is 5. The summed E-state index contributed by atoms with van der Waals surface area (Å²) >= 11 is 0. The molecular formula is C18H19FN6O2S. The third kappa shape index (κ3) is 4.02. The van der Waals surface area contributed by atoms with Crippen molar-refractivity contribution in [2.75, 3.05) is 31.1 Å². The maximum Gasteiger partial charge on any atom is 0.218 e. The summed E-state index contributed by atoms with van der Waals surface area (Å²) in [4.78, 5) is 14.6. The average Bonchev–Trinajstić information content (AvgIpc) is 3.23. The van der Waals surface area contributed by atoms with Gasteiger partial charge in [0.2, 0.25) is 10.0 Å². The molecule has 0 radical (unpaired) electrons. The molecular weight excluding hydrogens is 383 g/mol. The number of imidazole rings is 1. The van der Waals surface area contributed by atoms with Gasteiger partial charge in [0.1, 0.15) is 30.1 Å². The van der Waals surface area contributed by atoms with E-state index in [0.29, 0.717) is 37.6 Å². The zero-order chi connectivity index (χ0) is 19.6. The van der Waals surface area contributed by atoms with Gasteiger partial charge in [0.05, 0.1) is 5.75 Å². The van der Waals surface area contributed by atoms with Crippen LogP contribution in [0.4, 0.5) is 10.2 Å². The van der Waals surface area contributed by atoms with Gasteiger partial charge in [-0.3, -0.25) is 4.57 Å². The summed E-state index contributed by atoms with van der Waals surface area (Å²) in [7, 11) is -3.51. The van der Waals surface area contributed by atoms with Crippen molar-refractivity contribution in [3.8, 4) is 5.82 Å². The van der Waals surface area contributed by atoms with Gasteiger partial charge in [0.15, 0.2) is 0 Å². The summed E-state index contributed by atoms with van der Waals surface area (Å²) < 4.78 is 41.9. The first-order valence-corrected chi connectivity index (χ1v) is 10.4. The van der Waals surface area contributed by atoms with E-state index >= 15 is 0 Å². The maximum absolute atomic E-state index is 13.3. The normalized spacial score (nSPS) is 15.7. The lowest BCUT2D eigenvalue weighted by molar-refractivity contribution is 0.383. The molecule has 1 saturated heterocycles. The van der Waals surface area contributed by atoms with Crippen LogP contribution in [-0.4, -0.2) is 58.4 Å². The zero-order valence-electron chi connectivity index (χ0n) is 15.0. The predicted molar refractivity (Wildman–Crippen MR) is 102 cm³/mol. The first-order chi connectivity index (χ1) is 13.5. The minimum Gasteiger partial charge on any atom is -0.354 e. The minimum atomic E-state index is -3.51. The van der Waals surface area contributed by atoms with E-state index in [-0.39, 0.29) is 5.75 Å². The molecule has 3 heterocycles. The molecule has 1 aliphatic rings. The topological polar surface area (TPSA) is 84.2 Å². The Morgan fingerprint density at radius 1 is 1.04 bits per heavy atom. The molecule has 8 nitrogen and oxygen atoms in total. The summed E-state index contributed by atoms with van der Waals surface area (Å²) in [6, 6.07) is 7.54. The van der Waals surface area contributed by atoms with E-state index < -0.39 is 15.8 Å². The van der Waals surface area contributed by atoms with Gasteiger partial charge >= 0.3 is 0 Å². The molecule has 4 rings (SSSR count). The molecule has 10 heteroatoms. The summed E-state index contributed by atoms with van der Waals surface area (Å²) in [5.41, 5.74) is 0.447. The van der Waals surface area contributed by atoms with E-state index in [1.165, 1.54) is 28.8 Å². The Bertz CT molecular complexity index is 1050. The summed E-state index contributed by atoms with van der Waals surface area (Å²) in [6.45, 7) is 1.73. The Labute approximate surface area is 162 Å². The second-order valence-corrected chi connectivity index (χ2v) is 8.45. The lowest BCUT2D eigenvalue weighted by atomic mass is 10.2. The van der Waals surface area contributed by atoms with Gasteiger partial charge in [-0.1, -0.05) is 12.1 Å². The quantitative estimate of drug-likeness (QED) is 0.642. The van der Waals surface area contributed by atoms with Crippen molar-refractivity contribution in [1.29, 1.82) is 0 Å². The standard InChI is InChI=1S/C18H19FN6O2S/c19-16-3-1-2-15(10-16)12-28(26,27)25-8-6-23(7-9-25)17-11-18(22-13-21-17)24-5-4-20-14-24/h1-5,10-11,13-14H,6-9,12H2. The molecule has 0 saturated carbocycles. The van der Waals surface area contributed by atoms with Crippen LogP contribution in [0.3, 0.4) is 0 Å². The van der Waals surface area contributed by atoms with Crippen molar-refractivity contribution >= 4 is 15.8 Å². The highest BCUT2D eigenvalue weighted by Gasteiger charge is 2.27. The SMILES string of the molecule is O=S(=O)(Cc1cccc(F)c1)N1CCN(c2cc(-n3ccnc3)ncn2)CC1. The van der Waals surface area contributed by atoms with Crippen molar-refractivity contribution in [2.45, 2.75) is 5.75 Å². The molecule has 0 atom stereocenters. The van der Waals surface area contributed by atoms with Crippen LogP contribution in [0.25, 0.3) is 5.82 Å². The van der Waals surface area contributed by atoms with E-state index in [1.54, 1.807) is 29.4 Å². The second-order valence-electron chi connectivity index (χ2n) is 6.48. The Hall–Kier alpha value is -2.85. The van der Waals surface area contributed by atoms with Crippen molar-refractivity contribution in [1.82, 2.24) is 23.8 Å². The lowest BCUT2D eigenvalue weighted by Crippen LogP contribution is -2.49. The fourth-order valence-electron chi connectivity index (χ4n) is 3.17. The molecule has 0 spiro atoms. The third-order valence-corrected chi connectivity index (χ3v) is 6.45. The van der Waals surface area contributed by atoms with Crippen LogP contribution in [0.2, 0.25) is 0 Å². The molecule has 28 heavy (non-hydrogen) atoms. The minimum absolute atomic E-state index is 0.205. The van der Waals surface area contributed by atoms with Gasteiger partial charge in [-0.25, -0.2) is 27.8 Å². The van der Waals surface area contributed by atoms with Crippen LogP contribution >= 0.6 is 0 Å². The molecule has 1 fully saturated rings. The van der Waals surface area contributed by atoms with Crippen LogP contribution in [0.1, 0.15) is 5.56 Å². The lowest BCUT2D eigenvalue weighted by Gasteiger charge is -2.34. The van der Waals surface area contributed by atoms with Crippen LogP contribution < -0.4 is 4.90 Å². The zero-order valence-corrected chi connectivity index (χ0v) is 15.8. The van der Waals surface area contributed by atoms with Gasteiger partial charge < -0.3 is 4.90 Å². The molecule has 0 aliphatic carbocycles. The summed E-state index contributed by atoms with van der Waals surface area (Å²) in [6.07, 6.45) is 6.60. The van der Waals surface area contributed by atoms with Gasteiger partial charge in [-0.2, -0.15) is 4.31 Å². The second kappa shape index (κ2) is 7.64. The van der Waals surface area contributed by atoms with Crippen molar-refractivity contribution in [2.24, 2.45) is 0 Å². The van der Waals surface area contributed by atoms with E-state index in [0.717, 1.165) is 5.82 Å². The first kappa shape index (κ1) is 18.5. The number of hydrogen-bond acceptors (Lipinski definition) is 6. The van der Waals surface area contributed by atoms with E-state index in [1.807, 2.05) is 11.0 Å². The average molecular weight is 402 g/mol. The van der Waals surface area contributed by atoms with E-state index in [2.05, 4.69) is 15.0 Å². The van der Waals surface area contributed by atoms with Gasteiger partial charge in [0, 0.05) is 44.6 Å². The number of anilines is 1. The summed E-state index contributed by atoms with van der Waals surface area (Å²) in [5.74, 6) is 0.794. The van der Waals surface area contributed by atoms with Crippen molar-refractivity contribution < 1.29 is 12.8 Å². The molecule has 0 N–H and O–H groups in total. The molecule has 1 aliphatic heterocycles. The van der Waals surface area contributed by atoms with Gasteiger partial charge in [0.25, 0.3) is 0 Å². The number of piperazine rings is 1. The Kier molecular flexibility index (Phi) is 5.05. The highest BCUT2D eigenvalue weighted by Crippen LogP contribution is 2.19. The fraction of sp³-hybridized carbons (Fsp3) is 0.278. The van der Waals surface area contributed by atoms with Crippen molar-refractivity contribution in [3.63, 3.8) is 0 Å².